The third-order valence-electron chi connectivity index (χ3n) is 2.26. The Hall–Kier alpha value is 0.0500. The second-order valence-corrected chi connectivity index (χ2v) is 4.99. The second kappa shape index (κ2) is 10.6. The molecule has 0 aliphatic carbocycles. The predicted molar refractivity (Wildman–Crippen MR) is 75.8 cm³/mol. The van der Waals surface area contributed by atoms with Gasteiger partial charge in [0.15, 0.2) is 0 Å². The third kappa shape index (κ3) is 7.92. The Morgan fingerprint density at radius 1 is 1.33 bits per heavy atom. The summed E-state index contributed by atoms with van der Waals surface area (Å²) >= 11 is 1.90. The van der Waals surface area contributed by atoms with Crippen LogP contribution in [-0.2, 0) is 0 Å². The van der Waals surface area contributed by atoms with Crippen LogP contribution in [0.5, 0.6) is 0 Å². The number of hydrogen-bond donors (Lipinski definition) is 0. The number of rotatable bonds is 6. The van der Waals surface area contributed by atoms with E-state index in [1.165, 1.54) is 11.3 Å². The average molecular weight is 231 g/mol. The van der Waals surface area contributed by atoms with Crippen molar-refractivity contribution in [3.63, 3.8) is 0 Å². The zero-order valence-electron chi connectivity index (χ0n) is 11.6. The average Bonchev–Trinajstić information content (AvgIpc) is 2.16. The summed E-state index contributed by atoms with van der Waals surface area (Å²) in [6.07, 6.45) is 2.15. The fourth-order valence-corrected chi connectivity index (χ4v) is 2.30. The highest BCUT2D eigenvalue weighted by Gasteiger charge is 2.18. The standard InChI is InChI=1S/C11H23NS.C2H6/c1-9(2)11(10(3)4)12(5)7-8-13-6;1-2/h10-11H,1,7-8H2,2-6H3;1-2H3. The maximum absolute atomic E-state index is 4.06. The van der Waals surface area contributed by atoms with Gasteiger partial charge in [0.05, 0.1) is 0 Å². The Kier molecular flexibility index (Phi) is 12.3. The molecule has 15 heavy (non-hydrogen) atoms. The van der Waals surface area contributed by atoms with Crippen molar-refractivity contribution in [1.29, 1.82) is 0 Å². The molecule has 0 spiro atoms. The van der Waals surface area contributed by atoms with E-state index in [4.69, 9.17) is 0 Å². The molecule has 0 amide bonds. The smallest absolute Gasteiger partial charge is 0.0322 e. The molecule has 0 saturated heterocycles. The minimum absolute atomic E-state index is 0.534. The Morgan fingerprint density at radius 2 is 1.80 bits per heavy atom. The van der Waals surface area contributed by atoms with Gasteiger partial charge in [-0.15, -0.1) is 0 Å². The molecule has 0 heterocycles. The topological polar surface area (TPSA) is 3.24 Å². The van der Waals surface area contributed by atoms with Gasteiger partial charge in [-0.25, -0.2) is 0 Å². The summed E-state index contributed by atoms with van der Waals surface area (Å²) in [4.78, 5) is 2.41. The molecule has 0 aromatic rings. The van der Waals surface area contributed by atoms with Crippen molar-refractivity contribution >= 4 is 11.8 Å². The van der Waals surface area contributed by atoms with Gasteiger partial charge in [0.2, 0.25) is 0 Å². The number of thioether (sulfide) groups is 1. The van der Waals surface area contributed by atoms with Gasteiger partial charge in [0.25, 0.3) is 0 Å². The lowest BCUT2D eigenvalue weighted by atomic mass is 9.97. The highest BCUT2D eigenvalue weighted by molar-refractivity contribution is 7.98. The van der Waals surface area contributed by atoms with Crippen LogP contribution >= 0.6 is 11.8 Å². The van der Waals surface area contributed by atoms with Crippen molar-refractivity contribution in [2.45, 2.75) is 40.7 Å². The highest BCUT2D eigenvalue weighted by atomic mass is 32.2. The Labute approximate surface area is 101 Å². The highest BCUT2D eigenvalue weighted by Crippen LogP contribution is 2.16. The number of nitrogens with zero attached hydrogens (tertiary/aromatic N) is 1. The van der Waals surface area contributed by atoms with Crippen molar-refractivity contribution in [2.24, 2.45) is 5.92 Å². The molecular weight excluding hydrogens is 202 g/mol. The molecule has 0 fully saturated rings. The van der Waals surface area contributed by atoms with Crippen LogP contribution in [0.1, 0.15) is 34.6 Å². The molecule has 0 aromatic heterocycles. The summed E-state index contributed by atoms with van der Waals surface area (Å²) in [6, 6.07) is 0.534. The van der Waals surface area contributed by atoms with Crippen LogP contribution < -0.4 is 0 Å². The van der Waals surface area contributed by atoms with Crippen LogP contribution in [0, 0.1) is 5.92 Å². The molecule has 1 unspecified atom stereocenters. The number of hydrogen-bond acceptors (Lipinski definition) is 2. The van der Waals surface area contributed by atoms with E-state index in [1.54, 1.807) is 0 Å². The van der Waals surface area contributed by atoms with Gasteiger partial charge in [-0.3, -0.25) is 4.90 Å². The lowest BCUT2D eigenvalue weighted by Crippen LogP contribution is -2.38. The fraction of sp³-hybridized carbons (Fsp3) is 0.846. The fourth-order valence-electron chi connectivity index (χ4n) is 1.83. The van der Waals surface area contributed by atoms with E-state index < -0.39 is 0 Å². The van der Waals surface area contributed by atoms with Crippen LogP contribution in [0.4, 0.5) is 0 Å². The molecule has 1 nitrogen and oxygen atoms in total. The van der Waals surface area contributed by atoms with E-state index >= 15 is 0 Å². The van der Waals surface area contributed by atoms with E-state index in [1.807, 2.05) is 25.6 Å². The summed E-state index contributed by atoms with van der Waals surface area (Å²) in [5.41, 5.74) is 1.28. The monoisotopic (exact) mass is 231 g/mol. The molecular formula is C13H29NS. The van der Waals surface area contributed by atoms with Crippen molar-refractivity contribution in [1.82, 2.24) is 4.90 Å². The Bertz CT molecular complexity index is 155. The van der Waals surface area contributed by atoms with E-state index in [-0.39, 0.29) is 0 Å². The first kappa shape index (κ1) is 17.4. The van der Waals surface area contributed by atoms with Gasteiger partial charge in [-0.1, -0.05) is 39.8 Å². The van der Waals surface area contributed by atoms with Crippen LogP contribution in [-0.4, -0.2) is 36.5 Å². The number of likely N-dealkylation sites (N-methyl/N-ethyl adjacent to an activating group) is 1. The molecule has 1 atom stereocenters. The van der Waals surface area contributed by atoms with Crippen LogP contribution in [0.2, 0.25) is 0 Å². The molecule has 0 aromatic carbocycles. The van der Waals surface area contributed by atoms with E-state index in [0.717, 1.165) is 6.54 Å². The zero-order valence-corrected chi connectivity index (χ0v) is 12.4. The summed E-state index contributed by atoms with van der Waals surface area (Å²) in [5.74, 6) is 1.86. The summed E-state index contributed by atoms with van der Waals surface area (Å²) < 4.78 is 0. The summed E-state index contributed by atoms with van der Waals surface area (Å²) in [5, 5.41) is 0. The second-order valence-electron chi connectivity index (χ2n) is 4.01. The molecule has 0 aliphatic rings. The van der Waals surface area contributed by atoms with Crippen LogP contribution in [0.15, 0.2) is 12.2 Å². The molecule has 0 bridgehead atoms. The third-order valence-corrected chi connectivity index (χ3v) is 2.85. The van der Waals surface area contributed by atoms with Crippen LogP contribution in [0.3, 0.4) is 0 Å². The van der Waals surface area contributed by atoms with E-state index in [9.17, 15) is 0 Å². The normalized spacial score (nSPS) is 12.3. The molecule has 0 aliphatic heterocycles. The maximum Gasteiger partial charge on any atom is 0.0322 e. The van der Waals surface area contributed by atoms with Crippen molar-refractivity contribution in [3.8, 4) is 0 Å². The lowest BCUT2D eigenvalue weighted by molar-refractivity contribution is 0.235. The lowest BCUT2D eigenvalue weighted by Gasteiger charge is -2.31. The molecule has 2 heteroatoms. The van der Waals surface area contributed by atoms with Crippen LogP contribution in [0.25, 0.3) is 0 Å². The van der Waals surface area contributed by atoms with Crippen molar-refractivity contribution in [3.05, 3.63) is 12.2 Å². The first-order valence-electron chi connectivity index (χ1n) is 5.85. The van der Waals surface area contributed by atoms with Gasteiger partial charge in [-0.2, -0.15) is 11.8 Å². The first-order valence-corrected chi connectivity index (χ1v) is 7.24. The van der Waals surface area contributed by atoms with Gasteiger partial charge in [0, 0.05) is 18.3 Å². The quantitative estimate of drug-likeness (QED) is 0.638. The van der Waals surface area contributed by atoms with Crippen molar-refractivity contribution < 1.29 is 0 Å². The summed E-state index contributed by atoms with van der Waals surface area (Å²) in [6.45, 7) is 15.9. The minimum Gasteiger partial charge on any atom is -0.299 e. The zero-order chi connectivity index (χ0) is 12.4. The molecule has 0 rings (SSSR count). The Balaban J connectivity index is 0. The predicted octanol–water partition coefficient (Wildman–Crippen LogP) is 3.91. The molecule has 0 N–H and O–H groups in total. The maximum atomic E-state index is 4.06. The van der Waals surface area contributed by atoms with Gasteiger partial charge >= 0.3 is 0 Å². The van der Waals surface area contributed by atoms with Gasteiger partial charge in [-0.05, 0) is 26.1 Å². The molecule has 0 radical (unpaired) electrons. The van der Waals surface area contributed by atoms with E-state index in [2.05, 4.69) is 45.6 Å². The summed E-state index contributed by atoms with van der Waals surface area (Å²) in [7, 11) is 2.19. The van der Waals surface area contributed by atoms with Crippen molar-refractivity contribution in [2.75, 3.05) is 25.6 Å². The largest absolute Gasteiger partial charge is 0.299 e. The van der Waals surface area contributed by atoms with E-state index in [0.29, 0.717) is 12.0 Å². The van der Waals surface area contributed by atoms with Gasteiger partial charge < -0.3 is 0 Å². The SMILES string of the molecule is C=C(C)C(C(C)C)N(C)CCSC.CC. The molecule has 0 saturated carbocycles. The Morgan fingerprint density at radius 3 is 2.07 bits per heavy atom. The molecule has 92 valence electrons. The van der Waals surface area contributed by atoms with Gasteiger partial charge in [0.1, 0.15) is 0 Å². The minimum atomic E-state index is 0.534. The first-order chi connectivity index (χ1) is 7.00.